The summed E-state index contributed by atoms with van der Waals surface area (Å²) in [5.41, 5.74) is 4.38. The normalized spacial score (nSPS) is 15.9. The van der Waals surface area contributed by atoms with Crippen molar-refractivity contribution in [3.05, 3.63) is 83.4 Å². The van der Waals surface area contributed by atoms with Gasteiger partial charge in [0.05, 0.1) is 20.3 Å². The second-order valence-electron chi connectivity index (χ2n) is 9.74. The Morgan fingerprint density at radius 1 is 1.00 bits per heavy atom. The Morgan fingerprint density at radius 2 is 1.78 bits per heavy atom. The Morgan fingerprint density at radius 3 is 2.49 bits per heavy atom. The van der Waals surface area contributed by atoms with Crippen molar-refractivity contribution in [1.29, 1.82) is 0 Å². The highest BCUT2D eigenvalue weighted by atomic mass is 16.5. The predicted molar refractivity (Wildman–Crippen MR) is 148 cm³/mol. The van der Waals surface area contributed by atoms with Crippen LogP contribution in [0.25, 0.3) is 11.1 Å². The van der Waals surface area contributed by atoms with Gasteiger partial charge in [-0.05, 0) is 73.7 Å². The molecule has 37 heavy (non-hydrogen) atoms. The van der Waals surface area contributed by atoms with Crippen LogP contribution in [-0.4, -0.2) is 53.8 Å². The minimum atomic E-state index is -0.288. The summed E-state index contributed by atoms with van der Waals surface area (Å²) in [6, 6.07) is 22.1. The van der Waals surface area contributed by atoms with Gasteiger partial charge in [-0.2, -0.15) is 0 Å². The number of hydrogen-bond acceptors (Lipinski definition) is 5. The van der Waals surface area contributed by atoms with Crippen molar-refractivity contribution < 1.29 is 19.7 Å². The summed E-state index contributed by atoms with van der Waals surface area (Å²) in [6.45, 7) is 4.35. The summed E-state index contributed by atoms with van der Waals surface area (Å²) in [5.74, 6) is 0.243. The third-order valence-electron chi connectivity index (χ3n) is 7.37. The molecule has 0 bridgehead atoms. The maximum atomic E-state index is 14.0. The molecule has 3 aromatic rings. The number of amides is 1. The van der Waals surface area contributed by atoms with Gasteiger partial charge in [0.1, 0.15) is 5.75 Å². The number of rotatable bonds is 10. The van der Waals surface area contributed by atoms with Crippen molar-refractivity contribution in [3.63, 3.8) is 0 Å². The molecule has 6 heteroatoms. The van der Waals surface area contributed by atoms with Crippen LogP contribution in [0, 0.1) is 0 Å². The quantitative estimate of drug-likeness (QED) is 0.396. The molecule has 0 radical (unpaired) electrons. The van der Waals surface area contributed by atoms with Crippen molar-refractivity contribution in [2.75, 3.05) is 31.6 Å². The molecule has 1 amide bonds. The number of carbonyl (C=O) groups excluding carboxylic acids is 1. The molecular weight excluding hydrogens is 464 g/mol. The number of ether oxygens (including phenoxy) is 1. The van der Waals surface area contributed by atoms with E-state index in [9.17, 15) is 15.0 Å². The summed E-state index contributed by atoms with van der Waals surface area (Å²) in [5, 5.41) is 19.7. The number of benzene rings is 3. The number of carbonyl (C=O) groups is 1. The molecule has 0 aromatic heterocycles. The van der Waals surface area contributed by atoms with Crippen molar-refractivity contribution in [2.45, 2.75) is 51.9 Å². The van der Waals surface area contributed by atoms with E-state index in [1.54, 1.807) is 12.1 Å². The zero-order valence-corrected chi connectivity index (χ0v) is 21.9. The Bertz CT molecular complexity index is 1160. The van der Waals surface area contributed by atoms with Crippen LogP contribution in [0.4, 0.5) is 5.69 Å². The van der Waals surface area contributed by atoms with E-state index < -0.39 is 0 Å². The van der Waals surface area contributed by atoms with Gasteiger partial charge in [0, 0.05) is 35.9 Å². The smallest absolute Gasteiger partial charge is 0.258 e. The van der Waals surface area contributed by atoms with Gasteiger partial charge in [-0.1, -0.05) is 48.9 Å². The van der Waals surface area contributed by atoms with Crippen LogP contribution < -0.4 is 9.64 Å². The van der Waals surface area contributed by atoms with E-state index in [-0.39, 0.29) is 19.1 Å². The highest BCUT2D eigenvalue weighted by Crippen LogP contribution is 2.29. The zero-order valence-electron chi connectivity index (χ0n) is 21.9. The van der Waals surface area contributed by atoms with Crippen LogP contribution in [0.1, 0.15) is 54.1 Å². The number of anilines is 1. The van der Waals surface area contributed by atoms with Crippen LogP contribution >= 0.6 is 0 Å². The van der Waals surface area contributed by atoms with E-state index in [4.69, 9.17) is 4.74 Å². The third kappa shape index (κ3) is 6.39. The van der Waals surface area contributed by atoms with Crippen LogP contribution in [0.2, 0.25) is 0 Å². The van der Waals surface area contributed by atoms with Gasteiger partial charge in [0.25, 0.3) is 5.91 Å². The number of likely N-dealkylation sites (tertiary alicyclic amines) is 1. The van der Waals surface area contributed by atoms with Crippen LogP contribution in [0.5, 0.6) is 5.75 Å². The molecule has 1 heterocycles. The lowest BCUT2D eigenvalue weighted by Crippen LogP contribution is -2.40. The summed E-state index contributed by atoms with van der Waals surface area (Å²) in [4.78, 5) is 18.3. The number of aliphatic hydroxyl groups excluding tert-OH is 2. The Hall–Kier alpha value is -3.19. The first-order valence-electron chi connectivity index (χ1n) is 13.2. The maximum absolute atomic E-state index is 14.0. The Labute approximate surface area is 220 Å². The lowest BCUT2D eigenvalue weighted by atomic mass is 10.0. The molecule has 0 saturated carbocycles. The number of piperidine rings is 1. The zero-order chi connectivity index (χ0) is 26.2. The summed E-state index contributed by atoms with van der Waals surface area (Å²) in [7, 11) is 1.50. The first-order chi connectivity index (χ1) is 18.0. The molecule has 1 aliphatic rings. The standard InChI is InChI=1S/C31H38N2O4/c1-23-10-6-7-15-32(23)16-9-17-33(28-14-8-13-25(19-28)24-11-4-3-5-12-24)31(36)26-18-27(21-34)29(22-35)30(20-26)37-2/h3-5,8,11-14,18-20,23,34-35H,6-7,9-10,15-17,21-22H2,1-2H3. The predicted octanol–water partition coefficient (Wildman–Crippen LogP) is 5.26. The highest BCUT2D eigenvalue weighted by Gasteiger charge is 2.23. The summed E-state index contributed by atoms with van der Waals surface area (Å²) in [6.07, 6.45) is 4.59. The van der Waals surface area contributed by atoms with Gasteiger partial charge in [0.2, 0.25) is 0 Å². The summed E-state index contributed by atoms with van der Waals surface area (Å²) < 4.78 is 5.46. The number of hydrogen-bond donors (Lipinski definition) is 2. The lowest BCUT2D eigenvalue weighted by Gasteiger charge is -2.34. The van der Waals surface area contributed by atoms with E-state index in [0.717, 1.165) is 36.3 Å². The monoisotopic (exact) mass is 502 g/mol. The minimum Gasteiger partial charge on any atom is -0.496 e. The first kappa shape index (κ1) is 26.9. The topological polar surface area (TPSA) is 73.2 Å². The van der Waals surface area contributed by atoms with Gasteiger partial charge in [-0.25, -0.2) is 0 Å². The molecular formula is C31H38N2O4. The Balaban J connectivity index is 1.66. The van der Waals surface area contributed by atoms with Gasteiger partial charge in [-0.15, -0.1) is 0 Å². The fourth-order valence-corrected chi connectivity index (χ4v) is 5.24. The van der Waals surface area contributed by atoms with E-state index >= 15 is 0 Å². The highest BCUT2D eigenvalue weighted by molar-refractivity contribution is 6.06. The molecule has 2 N–H and O–H groups in total. The maximum Gasteiger partial charge on any atom is 0.258 e. The fraction of sp³-hybridized carbons (Fsp3) is 0.387. The SMILES string of the molecule is COc1cc(C(=O)N(CCCN2CCCCC2C)c2cccc(-c3ccccc3)c2)cc(CO)c1CO. The average molecular weight is 503 g/mol. The van der Waals surface area contributed by atoms with E-state index in [2.05, 4.69) is 36.1 Å². The third-order valence-corrected chi connectivity index (χ3v) is 7.37. The second kappa shape index (κ2) is 12.9. The molecule has 0 spiro atoms. The van der Waals surface area contributed by atoms with E-state index in [1.165, 1.54) is 26.4 Å². The minimum absolute atomic E-state index is 0.158. The molecule has 1 unspecified atom stereocenters. The van der Waals surface area contributed by atoms with Crippen LogP contribution in [-0.2, 0) is 13.2 Å². The van der Waals surface area contributed by atoms with Gasteiger partial charge in [-0.3, -0.25) is 4.79 Å². The molecule has 4 rings (SSSR count). The van der Waals surface area contributed by atoms with Gasteiger partial charge >= 0.3 is 0 Å². The van der Waals surface area contributed by atoms with Crippen molar-refractivity contribution >= 4 is 11.6 Å². The van der Waals surface area contributed by atoms with Crippen LogP contribution in [0.3, 0.4) is 0 Å². The number of methoxy groups -OCH3 is 1. The van der Waals surface area contributed by atoms with Crippen molar-refractivity contribution in [1.82, 2.24) is 4.90 Å². The average Bonchev–Trinajstić information content (AvgIpc) is 2.95. The number of nitrogens with zero attached hydrogens (tertiary/aromatic N) is 2. The van der Waals surface area contributed by atoms with E-state index in [1.807, 2.05) is 35.2 Å². The molecule has 196 valence electrons. The van der Waals surface area contributed by atoms with Gasteiger partial charge in [0.15, 0.2) is 0 Å². The van der Waals surface area contributed by atoms with Gasteiger partial charge < -0.3 is 24.7 Å². The molecule has 1 fully saturated rings. The number of aliphatic hydroxyl groups is 2. The molecule has 0 aliphatic carbocycles. The van der Waals surface area contributed by atoms with Crippen molar-refractivity contribution in [3.8, 4) is 16.9 Å². The fourth-order valence-electron chi connectivity index (χ4n) is 5.24. The van der Waals surface area contributed by atoms with E-state index in [0.29, 0.717) is 35.0 Å². The molecule has 1 atom stereocenters. The molecule has 1 aliphatic heterocycles. The molecule has 6 nitrogen and oxygen atoms in total. The Kier molecular flexibility index (Phi) is 9.34. The second-order valence-corrected chi connectivity index (χ2v) is 9.74. The summed E-state index contributed by atoms with van der Waals surface area (Å²) >= 11 is 0. The lowest BCUT2D eigenvalue weighted by molar-refractivity contribution is 0.0983. The molecule has 3 aromatic carbocycles. The molecule has 1 saturated heterocycles. The van der Waals surface area contributed by atoms with Crippen LogP contribution in [0.15, 0.2) is 66.7 Å². The largest absolute Gasteiger partial charge is 0.496 e. The van der Waals surface area contributed by atoms with Crippen molar-refractivity contribution in [2.24, 2.45) is 0 Å². The first-order valence-corrected chi connectivity index (χ1v) is 13.2.